The van der Waals surface area contributed by atoms with Crippen LogP contribution >= 0.6 is 11.8 Å². The number of anilines is 1. The summed E-state index contributed by atoms with van der Waals surface area (Å²) in [5.41, 5.74) is 4.75. The van der Waals surface area contributed by atoms with Crippen molar-refractivity contribution in [3.8, 4) is 0 Å². The van der Waals surface area contributed by atoms with Crippen molar-refractivity contribution in [3.05, 3.63) is 102 Å². The largest absolute Gasteiger partial charge is 0.370 e. The number of amides is 1. The van der Waals surface area contributed by atoms with Gasteiger partial charge in [-0.2, -0.15) is 11.8 Å². The average molecular weight is 417 g/mol. The van der Waals surface area contributed by atoms with Gasteiger partial charge in [0.15, 0.2) is 0 Å². The van der Waals surface area contributed by atoms with E-state index in [4.69, 9.17) is 0 Å². The van der Waals surface area contributed by atoms with Crippen LogP contribution in [0.25, 0.3) is 0 Å². The molecule has 1 fully saturated rings. The molecule has 0 aliphatic carbocycles. The van der Waals surface area contributed by atoms with Gasteiger partial charge >= 0.3 is 0 Å². The second kappa shape index (κ2) is 10.4. The van der Waals surface area contributed by atoms with Gasteiger partial charge < -0.3 is 10.2 Å². The standard InChI is InChI=1S/C26H28N2OS/c29-26(19-25(22-7-3-1-4-8-22)23-9-5-2-6-10-23)27-20-21-11-13-24(14-12-21)28-15-17-30-18-16-28/h1-14,25H,15-20H2,(H,27,29). The fourth-order valence-electron chi connectivity index (χ4n) is 3.90. The third kappa shape index (κ3) is 5.45. The molecule has 154 valence electrons. The first-order chi connectivity index (χ1) is 14.8. The molecular formula is C26H28N2OS. The summed E-state index contributed by atoms with van der Waals surface area (Å²) in [6.45, 7) is 2.79. The first-order valence-corrected chi connectivity index (χ1v) is 11.7. The Bertz CT molecular complexity index is 883. The zero-order chi connectivity index (χ0) is 20.6. The molecule has 4 heteroatoms. The van der Waals surface area contributed by atoms with Gasteiger partial charge in [0.1, 0.15) is 0 Å². The maximum atomic E-state index is 12.8. The van der Waals surface area contributed by atoms with E-state index in [9.17, 15) is 4.79 Å². The fourth-order valence-corrected chi connectivity index (χ4v) is 4.81. The van der Waals surface area contributed by atoms with Crippen LogP contribution in [0.4, 0.5) is 5.69 Å². The Hall–Kier alpha value is -2.72. The van der Waals surface area contributed by atoms with Crippen LogP contribution in [-0.2, 0) is 11.3 Å². The Balaban J connectivity index is 1.37. The lowest BCUT2D eigenvalue weighted by atomic mass is 9.88. The maximum absolute atomic E-state index is 12.8. The number of thioether (sulfide) groups is 1. The number of hydrogen-bond donors (Lipinski definition) is 1. The lowest BCUT2D eigenvalue weighted by Crippen LogP contribution is -2.32. The number of carbonyl (C=O) groups excluding carboxylic acids is 1. The van der Waals surface area contributed by atoms with Crippen molar-refractivity contribution in [1.29, 1.82) is 0 Å². The van der Waals surface area contributed by atoms with E-state index in [0.717, 1.165) is 18.7 Å². The highest BCUT2D eigenvalue weighted by atomic mass is 32.2. The molecule has 1 saturated heterocycles. The first-order valence-electron chi connectivity index (χ1n) is 10.6. The molecule has 3 nitrogen and oxygen atoms in total. The lowest BCUT2D eigenvalue weighted by molar-refractivity contribution is -0.121. The monoisotopic (exact) mass is 416 g/mol. The zero-order valence-electron chi connectivity index (χ0n) is 17.2. The molecule has 3 aromatic rings. The van der Waals surface area contributed by atoms with Gasteiger partial charge in [0, 0.05) is 49.2 Å². The van der Waals surface area contributed by atoms with Gasteiger partial charge in [-0.1, -0.05) is 72.8 Å². The molecule has 1 amide bonds. The van der Waals surface area contributed by atoms with Crippen LogP contribution < -0.4 is 10.2 Å². The predicted octanol–water partition coefficient (Wildman–Crippen LogP) is 5.08. The van der Waals surface area contributed by atoms with E-state index in [1.807, 2.05) is 48.2 Å². The third-order valence-corrected chi connectivity index (χ3v) is 6.54. The summed E-state index contributed by atoms with van der Waals surface area (Å²) in [5.74, 6) is 2.53. The number of rotatable bonds is 7. The molecule has 0 radical (unpaired) electrons. The Labute approximate surface area is 183 Å². The van der Waals surface area contributed by atoms with Gasteiger partial charge in [-0.3, -0.25) is 4.79 Å². The maximum Gasteiger partial charge on any atom is 0.221 e. The van der Waals surface area contributed by atoms with Crippen molar-refractivity contribution in [2.75, 3.05) is 29.5 Å². The van der Waals surface area contributed by atoms with E-state index < -0.39 is 0 Å². The molecule has 1 aliphatic rings. The van der Waals surface area contributed by atoms with Crippen LogP contribution in [0.3, 0.4) is 0 Å². The number of carbonyl (C=O) groups is 1. The number of nitrogens with one attached hydrogen (secondary N) is 1. The molecule has 0 aromatic heterocycles. The minimum Gasteiger partial charge on any atom is -0.370 e. The molecule has 1 aliphatic heterocycles. The van der Waals surface area contributed by atoms with Gasteiger partial charge in [-0.25, -0.2) is 0 Å². The average Bonchev–Trinajstić information content (AvgIpc) is 2.83. The third-order valence-electron chi connectivity index (χ3n) is 5.60. The van der Waals surface area contributed by atoms with Crippen molar-refractivity contribution in [3.63, 3.8) is 0 Å². The first kappa shape index (κ1) is 20.5. The minimum atomic E-state index is 0.0618. The van der Waals surface area contributed by atoms with Gasteiger partial charge in [0.25, 0.3) is 0 Å². The Kier molecular flexibility index (Phi) is 7.09. The van der Waals surface area contributed by atoms with E-state index in [1.165, 1.54) is 28.3 Å². The Morgan fingerprint density at radius 2 is 1.40 bits per heavy atom. The van der Waals surface area contributed by atoms with Crippen molar-refractivity contribution in [2.45, 2.75) is 18.9 Å². The molecule has 1 heterocycles. The summed E-state index contributed by atoms with van der Waals surface area (Å²) in [6.07, 6.45) is 0.442. The molecule has 3 aromatic carbocycles. The molecular weight excluding hydrogens is 388 g/mol. The van der Waals surface area contributed by atoms with Gasteiger partial charge in [-0.05, 0) is 28.8 Å². The summed E-state index contributed by atoms with van der Waals surface area (Å²) in [6, 6.07) is 29.2. The highest BCUT2D eigenvalue weighted by molar-refractivity contribution is 7.99. The van der Waals surface area contributed by atoms with Crippen molar-refractivity contribution in [1.82, 2.24) is 5.32 Å². The Morgan fingerprint density at radius 3 is 1.97 bits per heavy atom. The normalized spacial score (nSPS) is 14.0. The second-order valence-electron chi connectivity index (χ2n) is 7.62. The molecule has 0 unspecified atom stereocenters. The van der Waals surface area contributed by atoms with Crippen LogP contribution in [0.15, 0.2) is 84.9 Å². The van der Waals surface area contributed by atoms with Gasteiger partial charge in [-0.15, -0.1) is 0 Å². The summed E-state index contributed by atoms with van der Waals surface area (Å²) in [7, 11) is 0. The fraction of sp³-hybridized carbons (Fsp3) is 0.269. The number of hydrogen-bond acceptors (Lipinski definition) is 3. The SMILES string of the molecule is O=C(CC(c1ccccc1)c1ccccc1)NCc1ccc(N2CCSCC2)cc1. The summed E-state index contributed by atoms with van der Waals surface area (Å²) < 4.78 is 0. The zero-order valence-corrected chi connectivity index (χ0v) is 18.0. The topological polar surface area (TPSA) is 32.3 Å². The minimum absolute atomic E-state index is 0.0618. The molecule has 0 atom stereocenters. The lowest BCUT2D eigenvalue weighted by Gasteiger charge is -2.28. The Morgan fingerprint density at radius 1 is 0.833 bits per heavy atom. The van der Waals surface area contributed by atoms with Gasteiger partial charge in [0.05, 0.1) is 0 Å². The van der Waals surface area contributed by atoms with E-state index >= 15 is 0 Å². The molecule has 0 bridgehead atoms. The molecule has 0 spiro atoms. The van der Waals surface area contributed by atoms with E-state index in [-0.39, 0.29) is 11.8 Å². The molecule has 0 saturated carbocycles. The van der Waals surface area contributed by atoms with Crippen molar-refractivity contribution >= 4 is 23.4 Å². The molecule has 30 heavy (non-hydrogen) atoms. The second-order valence-corrected chi connectivity index (χ2v) is 8.85. The smallest absolute Gasteiger partial charge is 0.221 e. The van der Waals surface area contributed by atoms with Crippen LogP contribution in [0.5, 0.6) is 0 Å². The highest BCUT2D eigenvalue weighted by Gasteiger charge is 2.18. The predicted molar refractivity (Wildman–Crippen MR) is 127 cm³/mol. The highest BCUT2D eigenvalue weighted by Crippen LogP contribution is 2.28. The van der Waals surface area contributed by atoms with Crippen LogP contribution in [0.2, 0.25) is 0 Å². The van der Waals surface area contributed by atoms with Gasteiger partial charge in [0.2, 0.25) is 5.91 Å². The van der Waals surface area contributed by atoms with Crippen molar-refractivity contribution in [2.24, 2.45) is 0 Å². The summed E-state index contributed by atoms with van der Waals surface area (Å²) in [4.78, 5) is 15.2. The number of nitrogens with zero attached hydrogens (tertiary/aromatic N) is 1. The van der Waals surface area contributed by atoms with E-state index in [0.29, 0.717) is 13.0 Å². The van der Waals surface area contributed by atoms with E-state index in [2.05, 4.69) is 58.7 Å². The quantitative estimate of drug-likeness (QED) is 0.583. The van der Waals surface area contributed by atoms with Crippen molar-refractivity contribution < 1.29 is 4.79 Å². The van der Waals surface area contributed by atoms with E-state index in [1.54, 1.807) is 0 Å². The summed E-state index contributed by atoms with van der Waals surface area (Å²) >= 11 is 2.02. The molecule has 4 rings (SSSR count). The van der Waals surface area contributed by atoms with Crippen LogP contribution in [0, 0.1) is 0 Å². The van der Waals surface area contributed by atoms with Crippen LogP contribution in [-0.4, -0.2) is 30.5 Å². The van der Waals surface area contributed by atoms with Crippen LogP contribution in [0.1, 0.15) is 29.0 Å². The summed E-state index contributed by atoms with van der Waals surface area (Å²) in [5, 5.41) is 3.11. The molecule has 1 N–H and O–H groups in total. The number of benzene rings is 3.